The van der Waals surface area contributed by atoms with E-state index >= 15 is 0 Å². The molecule has 0 fully saturated rings. The molecule has 0 aromatic carbocycles. The zero-order chi connectivity index (χ0) is 15.0. The second kappa shape index (κ2) is 7.85. The van der Waals surface area contributed by atoms with E-state index in [1.807, 2.05) is 45.9 Å². The van der Waals surface area contributed by atoms with E-state index in [1.165, 1.54) is 0 Å². The Kier molecular flexibility index (Phi) is 6.45. The SMILES string of the molecule is Cc1cccc(CNCCCNC(=O)OC(C)(C)C)n1. The zero-order valence-electron chi connectivity index (χ0n) is 12.8. The Morgan fingerprint density at radius 2 is 2.05 bits per heavy atom. The molecule has 5 nitrogen and oxygen atoms in total. The van der Waals surface area contributed by atoms with Gasteiger partial charge in [0.25, 0.3) is 0 Å². The monoisotopic (exact) mass is 279 g/mol. The van der Waals surface area contributed by atoms with Crippen molar-refractivity contribution >= 4 is 6.09 Å². The first-order valence-electron chi connectivity index (χ1n) is 6.97. The van der Waals surface area contributed by atoms with Crippen molar-refractivity contribution in [2.75, 3.05) is 13.1 Å². The summed E-state index contributed by atoms with van der Waals surface area (Å²) in [5.41, 5.74) is 1.61. The van der Waals surface area contributed by atoms with Crippen molar-refractivity contribution in [2.45, 2.75) is 46.3 Å². The van der Waals surface area contributed by atoms with Crippen LogP contribution in [0.1, 0.15) is 38.6 Å². The average Bonchev–Trinajstić information content (AvgIpc) is 2.31. The molecule has 0 aliphatic heterocycles. The minimum absolute atomic E-state index is 0.363. The van der Waals surface area contributed by atoms with Crippen molar-refractivity contribution in [3.63, 3.8) is 0 Å². The average molecular weight is 279 g/mol. The third-order valence-corrected chi connectivity index (χ3v) is 2.45. The van der Waals surface area contributed by atoms with E-state index in [2.05, 4.69) is 15.6 Å². The molecule has 1 rings (SSSR count). The van der Waals surface area contributed by atoms with Crippen LogP contribution in [0.4, 0.5) is 4.79 Å². The predicted molar refractivity (Wildman–Crippen MR) is 79.5 cm³/mol. The molecule has 0 unspecified atom stereocenters. The Balaban J connectivity index is 2.07. The Labute approximate surface area is 121 Å². The van der Waals surface area contributed by atoms with E-state index in [0.29, 0.717) is 6.54 Å². The highest BCUT2D eigenvalue weighted by atomic mass is 16.6. The number of pyridine rings is 1. The molecule has 0 bridgehead atoms. The summed E-state index contributed by atoms with van der Waals surface area (Å²) in [7, 11) is 0. The molecule has 0 spiro atoms. The quantitative estimate of drug-likeness (QED) is 0.785. The summed E-state index contributed by atoms with van der Waals surface area (Å²) in [6, 6.07) is 5.98. The number of ether oxygens (including phenoxy) is 1. The highest BCUT2D eigenvalue weighted by molar-refractivity contribution is 5.67. The van der Waals surface area contributed by atoms with E-state index in [9.17, 15) is 4.79 Å². The molecule has 0 atom stereocenters. The van der Waals surface area contributed by atoms with Crippen LogP contribution in [0.3, 0.4) is 0 Å². The lowest BCUT2D eigenvalue weighted by atomic mass is 10.2. The number of alkyl carbamates (subject to hydrolysis) is 1. The molecule has 0 radical (unpaired) electrons. The van der Waals surface area contributed by atoms with Crippen molar-refractivity contribution in [1.29, 1.82) is 0 Å². The van der Waals surface area contributed by atoms with Crippen molar-refractivity contribution < 1.29 is 9.53 Å². The summed E-state index contributed by atoms with van der Waals surface area (Å²) < 4.78 is 5.15. The second-order valence-electron chi connectivity index (χ2n) is 5.73. The summed E-state index contributed by atoms with van der Waals surface area (Å²) in [6.45, 7) is 9.70. The maximum Gasteiger partial charge on any atom is 0.407 e. The summed E-state index contributed by atoms with van der Waals surface area (Å²) in [4.78, 5) is 15.8. The van der Waals surface area contributed by atoms with E-state index in [0.717, 1.165) is 30.9 Å². The van der Waals surface area contributed by atoms with Gasteiger partial charge in [-0.1, -0.05) is 6.07 Å². The topological polar surface area (TPSA) is 63.2 Å². The van der Waals surface area contributed by atoms with Gasteiger partial charge in [0, 0.05) is 18.8 Å². The molecule has 20 heavy (non-hydrogen) atoms. The van der Waals surface area contributed by atoms with Gasteiger partial charge < -0.3 is 15.4 Å². The van der Waals surface area contributed by atoms with Crippen LogP contribution in [-0.2, 0) is 11.3 Å². The van der Waals surface area contributed by atoms with Crippen LogP contribution < -0.4 is 10.6 Å². The minimum Gasteiger partial charge on any atom is -0.444 e. The number of aromatic nitrogens is 1. The summed E-state index contributed by atoms with van der Waals surface area (Å²) >= 11 is 0. The molecule has 5 heteroatoms. The second-order valence-corrected chi connectivity index (χ2v) is 5.73. The number of nitrogens with zero attached hydrogens (tertiary/aromatic N) is 1. The van der Waals surface area contributed by atoms with Gasteiger partial charge in [-0.25, -0.2) is 4.79 Å². The third-order valence-electron chi connectivity index (χ3n) is 2.45. The Morgan fingerprint density at radius 1 is 1.30 bits per heavy atom. The first kappa shape index (κ1) is 16.4. The first-order chi connectivity index (χ1) is 9.37. The number of hydrogen-bond donors (Lipinski definition) is 2. The largest absolute Gasteiger partial charge is 0.444 e. The van der Waals surface area contributed by atoms with Gasteiger partial charge in [0.2, 0.25) is 0 Å². The molecular formula is C15H25N3O2. The van der Waals surface area contributed by atoms with Crippen LogP contribution in [0.5, 0.6) is 0 Å². The normalized spacial score (nSPS) is 11.2. The van der Waals surface area contributed by atoms with Crippen LogP contribution in [0.15, 0.2) is 18.2 Å². The van der Waals surface area contributed by atoms with Crippen molar-refractivity contribution in [1.82, 2.24) is 15.6 Å². The van der Waals surface area contributed by atoms with Crippen LogP contribution in [0.25, 0.3) is 0 Å². The number of hydrogen-bond acceptors (Lipinski definition) is 4. The molecule has 0 aliphatic carbocycles. The molecule has 1 aromatic heterocycles. The number of carbonyl (C=O) groups excluding carboxylic acids is 1. The summed E-state index contributed by atoms with van der Waals surface area (Å²) in [5.74, 6) is 0. The smallest absolute Gasteiger partial charge is 0.407 e. The molecule has 0 saturated carbocycles. The number of nitrogens with one attached hydrogen (secondary N) is 2. The van der Waals surface area contributed by atoms with Crippen molar-refractivity contribution in [3.8, 4) is 0 Å². The maximum atomic E-state index is 11.4. The lowest BCUT2D eigenvalue weighted by molar-refractivity contribution is 0.0527. The molecular weight excluding hydrogens is 254 g/mol. The Bertz CT molecular complexity index is 427. The molecule has 1 aromatic rings. The van der Waals surface area contributed by atoms with E-state index in [-0.39, 0.29) is 6.09 Å². The van der Waals surface area contributed by atoms with Crippen LogP contribution in [0.2, 0.25) is 0 Å². The number of aryl methyl sites for hydroxylation is 1. The van der Waals surface area contributed by atoms with Crippen molar-refractivity contribution in [3.05, 3.63) is 29.6 Å². The molecule has 1 heterocycles. The fourth-order valence-corrected chi connectivity index (χ4v) is 1.63. The van der Waals surface area contributed by atoms with Gasteiger partial charge in [-0.15, -0.1) is 0 Å². The van der Waals surface area contributed by atoms with E-state index in [4.69, 9.17) is 4.74 Å². The Morgan fingerprint density at radius 3 is 2.70 bits per heavy atom. The molecule has 112 valence electrons. The fourth-order valence-electron chi connectivity index (χ4n) is 1.63. The molecule has 0 aliphatic rings. The molecule has 2 N–H and O–H groups in total. The first-order valence-corrected chi connectivity index (χ1v) is 6.97. The maximum absolute atomic E-state index is 11.4. The van der Waals surface area contributed by atoms with Gasteiger partial charge in [0.05, 0.1) is 5.69 Å². The zero-order valence-corrected chi connectivity index (χ0v) is 12.8. The standard InChI is InChI=1S/C15H25N3O2/c1-12-7-5-8-13(18-12)11-16-9-6-10-17-14(19)20-15(2,3)4/h5,7-8,16H,6,9-11H2,1-4H3,(H,17,19). The van der Waals surface area contributed by atoms with E-state index < -0.39 is 5.60 Å². The Hall–Kier alpha value is -1.62. The van der Waals surface area contributed by atoms with Gasteiger partial charge in [0.15, 0.2) is 0 Å². The number of carbonyl (C=O) groups is 1. The van der Waals surface area contributed by atoms with Crippen LogP contribution in [0, 0.1) is 6.92 Å². The van der Waals surface area contributed by atoms with Gasteiger partial charge in [-0.3, -0.25) is 4.98 Å². The lowest BCUT2D eigenvalue weighted by Crippen LogP contribution is -2.33. The highest BCUT2D eigenvalue weighted by Gasteiger charge is 2.15. The summed E-state index contributed by atoms with van der Waals surface area (Å²) in [6.07, 6.45) is 0.489. The number of rotatable bonds is 6. The highest BCUT2D eigenvalue weighted by Crippen LogP contribution is 2.06. The predicted octanol–water partition coefficient (Wildman–Crippen LogP) is 2.39. The number of amides is 1. The van der Waals surface area contributed by atoms with Crippen molar-refractivity contribution in [2.24, 2.45) is 0 Å². The molecule has 0 saturated heterocycles. The fraction of sp³-hybridized carbons (Fsp3) is 0.600. The summed E-state index contributed by atoms with van der Waals surface area (Å²) in [5, 5.41) is 6.03. The third kappa shape index (κ3) is 7.74. The van der Waals surface area contributed by atoms with Crippen LogP contribution in [-0.4, -0.2) is 29.8 Å². The van der Waals surface area contributed by atoms with Gasteiger partial charge in [0.1, 0.15) is 5.60 Å². The van der Waals surface area contributed by atoms with Crippen LogP contribution >= 0.6 is 0 Å². The van der Waals surface area contributed by atoms with Gasteiger partial charge in [-0.2, -0.15) is 0 Å². The van der Waals surface area contributed by atoms with Gasteiger partial charge in [-0.05, 0) is 52.8 Å². The lowest BCUT2D eigenvalue weighted by Gasteiger charge is -2.19. The van der Waals surface area contributed by atoms with Gasteiger partial charge >= 0.3 is 6.09 Å². The molecule has 1 amide bonds. The van der Waals surface area contributed by atoms with E-state index in [1.54, 1.807) is 0 Å². The minimum atomic E-state index is -0.445.